The molecule has 18 heavy (non-hydrogen) atoms. The summed E-state index contributed by atoms with van der Waals surface area (Å²) in [4.78, 5) is 4.10. The second-order valence-electron chi connectivity index (χ2n) is 5.15. The zero-order valence-corrected chi connectivity index (χ0v) is 12.1. The lowest BCUT2D eigenvalue weighted by atomic mass is 9.80. The molecule has 3 unspecified atom stereocenters. The van der Waals surface area contributed by atoms with Gasteiger partial charge in [-0.3, -0.25) is 0 Å². The number of nitrogens with two attached hydrogens (primary N) is 1. The van der Waals surface area contributed by atoms with E-state index in [0.29, 0.717) is 21.8 Å². The van der Waals surface area contributed by atoms with Crippen LogP contribution in [0.25, 0.3) is 0 Å². The Morgan fingerprint density at radius 2 is 1.94 bits per heavy atom. The molecular formula is C13H18Cl2N2O. The van der Waals surface area contributed by atoms with Crippen molar-refractivity contribution in [1.82, 2.24) is 4.98 Å². The zero-order valence-electron chi connectivity index (χ0n) is 10.6. The summed E-state index contributed by atoms with van der Waals surface area (Å²) in [5.74, 6) is 2.06. The first-order valence-corrected chi connectivity index (χ1v) is 7.01. The highest BCUT2D eigenvalue weighted by Gasteiger charge is 2.26. The molecule has 0 radical (unpaired) electrons. The molecule has 1 aliphatic carbocycles. The lowest BCUT2D eigenvalue weighted by molar-refractivity contribution is 0.0967. The predicted molar refractivity (Wildman–Crippen MR) is 75.3 cm³/mol. The molecule has 0 aliphatic heterocycles. The van der Waals surface area contributed by atoms with Crippen molar-refractivity contribution in [3.8, 4) is 5.88 Å². The number of hydrogen-bond acceptors (Lipinski definition) is 3. The quantitative estimate of drug-likeness (QED) is 0.888. The van der Waals surface area contributed by atoms with E-state index in [1.54, 1.807) is 6.07 Å². The van der Waals surface area contributed by atoms with E-state index in [-0.39, 0.29) is 11.9 Å². The molecule has 1 saturated carbocycles. The molecule has 0 spiro atoms. The largest absolute Gasteiger partial charge is 0.473 e. The molecule has 5 heteroatoms. The molecule has 0 aromatic carbocycles. The normalized spacial score (nSPS) is 28.1. The van der Waals surface area contributed by atoms with Crippen molar-refractivity contribution >= 4 is 29.0 Å². The number of anilines is 1. The van der Waals surface area contributed by atoms with Crippen LogP contribution in [0.4, 0.5) is 5.82 Å². The molecule has 1 aliphatic rings. The third-order valence-corrected chi connectivity index (χ3v) is 4.33. The van der Waals surface area contributed by atoms with Gasteiger partial charge in [-0.1, -0.05) is 37.0 Å². The van der Waals surface area contributed by atoms with E-state index in [0.717, 1.165) is 18.8 Å². The maximum atomic E-state index is 6.06. The maximum Gasteiger partial charge on any atom is 0.234 e. The minimum absolute atomic E-state index is 0.168. The SMILES string of the molecule is CC1CCC(Oc2nc(N)c(Cl)cc2Cl)CC1C. The molecule has 0 amide bonds. The lowest BCUT2D eigenvalue weighted by Crippen LogP contribution is -2.29. The van der Waals surface area contributed by atoms with Crippen molar-refractivity contribution in [3.63, 3.8) is 0 Å². The summed E-state index contributed by atoms with van der Waals surface area (Å²) in [7, 11) is 0. The van der Waals surface area contributed by atoms with E-state index in [1.165, 1.54) is 6.42 Å². The third-order valence-electron chi connectivity index (χ3n) is 3.75. The van der Waals surface area contributed by atoms with E-state index in [1.807, 2.05) is 0 Å². The first kappa shape index (κ1) is 13.8. The Balaban J connectivity index is 2.08. The van der Waals surface area contributed by atoms with E-state index in [9.17, 15) is 0 Å². The van der Waals surface area contributed by atoms with Gasteiger partial charge >= 0.3 is 0 Å². The van der Waals surface area contributed by atoms with Crippen molar-refractivity contribution in [2.45, 2.75) is 39.2 Å². The highest BCUT2D eigenvalue weighted by Crippen LogP contribution is 2.34. The zero-order chi connectivity index (χ0) is 13.3. The molecular weight excluding hydrogens is 271 g/mol. The highest BCUT2D eigenvalue weighted by atomic mass is 35.5. The summed E-state index contributed by atoms with van der Waals surface area (Å²) < 4.78 is 5.86. The third kappa shape index (κ3) is 3.01. The van der Waals surface area contributed by atoms with Gasteiger partial charge < -0.3 is 10.5 Å². The molecule has 0 bridgehead atoms. The molecule has 1 heterocycles. The lowest BCUT2D eigenvalue weighted by Gasteiger charge is -2.32. The Morgan fingerprint density at radius 3 is 2.61 bits per heavy atom. The van der Waals surface area contributed by atoms with E-state index >= 15 is 0 Å². The van der Waals surface area contributed by atoms with E-state index < -0.39 is 0 Å². The Labute approximate surface area is 118 Å². The first-order valence-electron chi connectivity index (χ1n) is 6.25. The molecule has 3 nitrogen and oxygen atoms in total. The van der Waals surface area contributed by atoms with Gasteiger partial charge in [0.05, 0.1) is 5.02 Å². The van der Waals surface area contributed by atoms with Crippen LogP contribution >= 0.6 is 23.2 Å². The Morgan fingerprint density at radius 1 is 1.22 bits per heavy atom. The number of nitrogens with zero attached hydrogens (tertiary/aromatic N) is 1. The number of hydrogen-bond donors (Lipinski definition) is 1. The average molecular weight is 289 g/mol. The fourth-order valence-corrected chi connectivity index (χ4v) is 2.71. The fourth-order valence-electron chi connectivity index (χ4n) is 2.31. The van der Waals surface area contributed by atoms with Crippen LogP contribution in [0.15, 0.2) is 6.07 Å². The van der Waals surface area contributed by atoms with Gasteiger partial charge in [0.1, 0.15) is 16.9 Å². The fraction of sp³-hybridized carbons (Fsp3) is 0.615. The van der Waals surface area contributed by atoms with Crippen molar-refractivity contribution in [1.29, 1.82) is 0 Å². The van der Waals surface area contributed by atoms with Gasteiger partial charge in [-0.2, -0.15) is 4.98 Å². The Bertz CT molecular complexity index is 439. The van der Waals surface area contributed by atoms with Crippen LogP contribution < -0.4 is 10.5 Å². The van der Waals surface area contributed by atoms with Crippen LogP contribution in [0.3, 0.4) is 0 Å². The average Bonchev–Trinajstić information content (AvgIpc) is 2.31. The molecule has 0 saturated heterocycles. The smallest absolute Gasteiger partial charge is 0.234 e. The summed E-state index contributed by atoms with van der Waals surface area (Å²) in [5, 5.41) is 0.776. The minimum Gasteiger partial charge on any atom is -0.473 e. The van der Waals surface area contributed by atoms with Crippen molar-refractivity contribution < 1.29 is 4.74 Å². The summed E-state index contributed by atoms with van der Waals surface area (Å²) in [5.41, 5.74) is 5.66. The van der Waals surface area contributed by atoms with Gasteiger partial charge in [0.2, 0.25) is 5.88 Å². The van der Waals surface area contributed by atoms with Crippen LogP contribution in [0.5, 0.6) is 5.88 Å². The first-order chi connectivity index (χ1) is 8.47. The topological polar surface area (TPSA) is 48.1 Å². The van der Waals surface area contributed by atoms with Crippen LogP contribution in [0.2, 0.25) is 10.0 Å². The Hall–Kier alpha value is -0.670. The van der Waals surface area contributed by atoms with Crippen molar-refractivity contribution in [2.24, 2.45) is 11.8 Å². The standard InChI is InChI=1S/C13H18Cl2N2O/c1-7-3-4-9(5-8(7)2)18-13-11(15)6-10(14)12(16)17-13/h6-9H,3-5H2,1-2H3,(H2,16,17). The number of ether oxygens (including phenoxy) is 1. The molecule has 2 N–H and O–H groups in total. The molecule has 1 aromatic rings. The summed E-state index contributed by atoms with van der Waals surface area (Å²) in [6, 6.07) is 1.58. The number of aromatic nitrogens is 1. The summed E-state index contributed by atoms with van der Waals surface area (Å²) >= 11 is 11.9. The van der Waals surface area contributed by atoms with Crippen LogP contribution in [0.1, 0.15) is 33.1 Å². The number of pyridine rings is 1. The molecule has 100 valence electrons. The summed E-state index contributed by atoms with van der Waals surface area (Å²) in [6.45, 7) is 4.54. The van der Waals surface area contributed by atoms with Gasteiger partial charge in [0, 0.05) is 0 Å². The minimum atomic E-state index is 0.168. The van der Waals surface area contributed by atoms with Gasteiger partial charge in [0.25, 0.3) is 0 Å². The van der Waals surface area contributed by atoms with Crippen LogP contribution in [-0.4, -0.2) is 11.1 Å². The monoisotopic (exact) mass is 288 g/mol. The predicted octanol–water partition coefficient (Wildman–Crippen LogP) is 4.17. The Kier molecular flexibility index (Phi) is 4.23. The highest BCUT2D eigenvalue weighted by molar-refractivity contribution is 6.36. The van der Waals surface area contributed by atoms with E-state index in [2.05, 4.69) is 18.8 Å². The van der Waals surface area contributed by atoms with E-state index in [4.69, 9.17) is 33.7 Å². The number of rotatable bonds is 2. The second kappa shape index (κ2) is 5.54. The van der Waals surface area contributed by atoms with Gasteiger partial charge in [-0.25, -0.2) is 0 Å². The second-order valence-corrected chi connectivity index (χ2v) is 5.96. The van der Waals surface area contributed by atoms with Crippen molar-refractivity contribution in [2.75, 3.05) is 5.73 Å². The van der Waals surface area contributed by atoms with Crippen LogP contribution in [-0.2, 0) is 0 Å². The van der Waals surface area contributed by atoms with Gasteiger partial charge in [0.15, 0.2) is 0 Å². The number of halogens is 2. The van der Waals surface area contributed by atoms with Gasteiger partial charge in [-0.05, 0) is 37.2 Å². The maximum absolute atomic E-state index is 6.06. The van der Waals surface area contributed by atoms with Crippen molar-refractivity contribution in [3.05, 3.63) is 16.1 Å². The molecule has 1 fully saturated rings. The van der Waals surface area contributed by atoms with Gasteiger partial charge in [-0.15, -0.1) is 0 Å². The summed E-state index contributed by atoms with van der Waals surface area (Å²) in [6.07, 6.45) is 3.40. The molecule has 3 atom stereocenters. The van der Waals surface area contributed by atoms with Crippen LogP contribution in [0, 0.1) is 11.8 Å². The molecule has 1 aromatic heterocycles. The number of nitrogen functional groups attached to an aromatic ring is 1. The molecule has 2 rings (SSSR count).